The summed E-state index contributed by atoms with van der Waals surface area (Å²) < 4.78 is 0. The van der Waals surface area contributed by atoms with E-state index in [0.717, 1.165) is 32.6 Å². The van der Waals surface area contributed by atoms with Crippen LogP contribution in [0.2, 0.25) is 0 Å². The molecule has 2 aromatic rings. The average molecular weight is 336 g/mol. The number of para-hydroxylation sites is 1. The molecule has 1 saturated heterocycles. The molecule has 0 bridgehead atoms. The topological polar surface area (TPSA) is 23.6 Å². The van der Waals surface area contributed by atoms with Crippen LogP contribution in [0, 0.1) is 0 Å². The number of carbonyl (C=O) groups is 1. The molecule has 0 atom stereocenters. The van der Waals surface area contributed by atoms with E-state index in [1.54, 1.807) is 0 Å². The van der Waals surface area contributed by atoms with Crippen molar-refractivity contribution >= 4 is 11.6 Å². The maximum absolute atomic E-state index is 12.5. The number of hydrogen-bond acceptors (Lipinski definition) is 2. The van der Waals surface area contributed by atoms with Gasteiger partial charge in [0.05, 0.1) is 0 Å². The normalized spacial score (nSPS) is 14.8. The van der Waals surface area contributed by atoms with Crippen molar-refractivity contribution in [2.45, 2.75) is 32.6 Å². The van der Waals surface area contributed by atoms with E-state index in [1.165, 1.54) is 16.8 Å². The Hall–Kier alpha value is -2.29. The van der Waals surface area contributed by atoms with Crippen LogP contribution in [0.1, 0.15) is 37.3 Å². The summed E-state index contributed by atoms with van der Waals surface area (Å²) in [5.41, 5.74) is 3.85. The quantitative estimate of drug-likeness (QED) is 0.821. The number of amides is 1. The Labute approximate surface area is 151 Å². The van der Waals surface area contributed by atoms with Crippen LogP contribution in [0.5, 0.6) is 0 Å². The third-order valence-electron chi connectivity index (χ3n) is 5.03. The molecule has 2 aromatic carbocycles. The summed E-state index contributed by atoms with van der Waals surface area (Å²) in [7, 11) is 0. The Morgan fingerprint density at radius 2 is 1.56 bits per heavy atom. The predicted molar refractivity (Wildman–Crippen MR) is 104 cm³/mol. The molecule has 1 aliphatic rings. The number of benzene rings is 2. The van der Waals surface area contributed by atoms with Gasteiger partial charge in [-0.15, -0.1) is 0 Å². The zero-order valence-electron chi connectivity index (χ0n) is 15.3. The first-order chi connectivity index (χ1) is 12.1. The fourth-order valence-electron chi connectivity index (χ4n) is 3.33. The van der Waals surface area contributed by atoms with Crippen LogP contribution in [0.25, 0.3) is 0 Å². The van der Waals surface area contributed by atoms with Gasteiger partial charge < -0.3 is 9.80 Å². The van der Waals surface area contributed by atoms with Gasteiger partial charge in [0.2, 0.25) is 5.91 Å². The number of piperazine rings is 1. The van der Waals surface area contributed by atoms with Crippen molar-refractivity contribution in [3.05, 3.63) is 65.7 Å². The molecule has 25 heavy (non-hydrogen) atoms. The van der Waals surface area contributed by atoms with Gasteiger partial charge in [-0.3, -0.25) is 4.79 Å². The molecular formula is C22H28N2O. The van der Waals surface area contributed by atoms with E-state index in [0.29, 0.717) is 12.3 Å². The van der Waals surface area contributed by atoms with Crippen LogP contribution < -0.4 is 4.90 Å². The number of nitrogens with zero attached hydrogens (tertiary/aromatic N) is 2. The molecule has 0 unspecified atom stereocenters. The van der Waals surface area contributed by atoms with Crippen LogP contribution in [0.3, 0.4) is 0 Å². The second-order valence-electron chi connectivity index (χ2n) is 7.10. The second-order valence-corrected chi connectivity index (χ2v) is 7.10. The Morgan fingerprint density at radius 3 is 2.16 bits per heavy atom. The lowest BCUT2D eigenvalue weighted by Gasteiger charge is -2.36. The van der Waals surface area contributed by atoms with Crippen molar-refractivity contribution in [2.24, 2.45) is 0 Å². The molecule has 3 nitrogen and oxygen atoms in total. The van der Waals surface area contributed by atoms with Gasteiger partial charge in [-0.2, -0.15) is 0 Å². The first kappa shape index (κ1) is 17.5. The Bertz CT molecular complexity index is 671. The van der Waals surface area contributed by atoms with E-state index >= 15 is 0 Å². The van der Waals surface area contributed by atoms with Gasteiger partial charge in [0.1, 0.15) is 0 Å². The highest BCUT2D eigenvalue weighted by Crippen LogP contribution is 2.17. The summed E-state index contributed by atoms with van der Waals surface area (Å²) in [6.45, 7) is 7.87. The number of aryl methyl sites for hydroxylation is 1. The van der Waals surface area contributed by atoms with Crippen molar-refractivity contribution in [2.75, 3.05) is 31.1 Å². The van der Waals surface area contributed by atoms with Gasteiger partial charge in [-0.05, 0) is 35.6 Å². The van der Waals surface area contributed by atoms with Crippen molar-refractivity contribution in [1.29, 1.82) is 0 Å². The largest absolute Gasteiger partial charge is 0.368 e. The lowest BCUT2D eigenvalue weighted by molar-refractivity contribution is -0.131. The highest BCUT2D eigenvalue weighted by atomic mass is 16.2. The van der Waals surface area contributed by atoms with Gasteiger partial charge in [-0.1, -0.05) is 56.3 Å². The van der Waals surface area contributed by atoms with Crippen molar-refractivity contribution < 1.29 is 4.79 Å². The van der Waals surface area contributed by atoms with Crippen LogP contribution >= 0.6 is 0 Å². The monoisotopic (exact) mass is 336 g/mol. The molecule has 1 aliphatic heterocycles. The molecule has 0 N–H and O–H groups in total. The Kier molecular flexibility index (Phi) is 5.75. The maximum atomic E-state index is 12.5. The molecule has 132 valence electrons. The minimum Gasteiger partial charge on any atom is -0.368 e. The minimum absolute atomic E-state index is 0.278. The summed E-state index contributed by atoms with van der Waals surface area (Å²) >= 11 is 0. The van der Waals surface area contributed by atoms with E-state index in [9.17, 15) is 4.79 Å². The van der Waals surface area contributed by atoms with Gasteiger partial charge >= 0.3 is 0 Å². The fraction of sp³-hybridized carbons (Fsp3) is 0.409. The van der Waals surface area contributed by atoms with Crippen molar-refractivity contribution in [3.63, 3.8) is 0 Å². The SMILES string of the molecule is CC(C)c1ccc(CCC(=O)N2CCN(c3ccccc3)CC2)cc1. The van der Waals surface area contributed by atoms with E-state index in [4.69, 9.17) is 0 Å². The predicted octanol–water partition coefficient (Wildman–Crippen LogP) is 4.09. The van der Waals surface area contributed by atoms with Crippen LogP contribution in [-0.2, 0) is 11.2 Å². The highest BCUT2D eigenvalue weighted by molar-refractivity contribution is 5.76. The van der Waals surface area contributed by atoms with E-state index < -0.39 is 0 Å². The molecular weight excluding hydrogens is 308 g/mol. The summed E-state index contributed by atoms with van der Waals surface area (Å²) in [6, 6.07) is 19.1. The second kappa shape index (κ2) is 8.19. The zero-order chi connectivity index (χ0) is 17.6. The maximum Gasteiger partial charge on any atom is 0.223 e. The Balaban J connectivity index is 1.46. The number of anilines is 1. The van der Waals surface area contributed by atoms with E-state index in [2.05, 4.69) is 67.3 Å². The first-order valence-electron chi connectivity index (χ1n) is 9.30. The summed E-state index contributed by atoms with van der Waals surface area (Å²) in [6.07, 6.45) is 1.43. The first-order valence-corrected chi connectivity index (χ1v) is 9.30. The number of rotatable bonds is 5. The molecule has 1 fully saturated rings. The fourth-order valence-corrected chi connectivity index (χ4v) is 3.33. The third-order valence-corrected chi connectivity index (χ3v) is 5.03. The van der Waals surface area contributed by atoms with Gasteiger partial charge in [-0.25, -0.2) is 0 Å². The van der Waals surface area contributed by atoms with Crippen LogP contribution in [0.15, 0.2) is 54.6 Å². The van der Waals surface area contributed by atoms with Crippen LogP contribution in [-0.4, -0.2) is 37.0 Å². The lowest BCUT2D eigenvalue weighted by Crippen LogP contribution is -2.48. The molecule has 1 heterocycles. The average Bonchev–Trinajstić information content (AvgIpc) is 2.67. The summed E-state index contributed by atoms with van der Waals surface area (Å²) in [5, 5.41) is 0. The standard InChI is InChI=1S/C22H28N2O/c1-18(2)20-11-8-19(9-12-20)10-13-22(25)24-16-14-23(15-17-24)21-6-4-3-5-7-21/h3-9,11-12,18H,10,13-17H2,1-2H3. The molecule has 0 aromatic heterocycles. The molecule has 1 amide bonds. The zero-order valence-corrected chi connectivity index (χ0v) is 15.3. The van der Waals surface area contributed by atoms with Gasteiger partial charge in [0, 0.05) is 38.3 Å². The molecule has 0 radical (unpaired) electrons. The molecule has 3 heteroatoms. The van der Waals surface area contributed by atoms with Gasteiger partial charge in [0.15, 0.2) is 0 Å². The summed E-state index contributed by atoms with van der Waals surface area (Å²) in [4.78, 5) is 16.9. The Morgan fingerprint density at radius 1 is 0.920 bits per heavy atom. The number of carbonyl (C=O) groups excluding carboxylic acids is 1. The third kappa shape index (κ3) is 4.62. The van der Waals surface area contributed by atoms with E-state index in [1.807, 2.05) is 11.0 Å². The smallest absolute Gasteiger partial charge is 0.223 e. The highest BCUT2D eigenvalue weighted by Gasteiger charge is 2.20. The molecule has 3 rings (SSSR count). The lowest BCUT2D eigenvalue weighted by atomic mass is 10.00. The molecule has 0 aliphatic carbocycles. The van der Waals surface area contributed by atoms with Gasteiger partial charge in [0.25, 0.3) is 0 Å². The molecule has 0 spiro atoms. The number of hydrogen-bond donors (Lipinski definition) is 0. The van der Waals surface area contributed by atoms with Crippen molar-refractivity contribution in [3.8, 4) is 0 Å². The molecule has 0 saturated carbocycles. The summed E-state index contributed by atoms with van der Waals surface area (Å²) in [5.74, 6) is 0.831. The van der Waals surface area contributed by atoms with Crippen LogP contribution in [0.4, 0.5) is 5.69 Å². The van der Waals surface area contributed by atoms with Crippen molar-refractivity contribution in [1.82, 2.24) is 4.90 Å². The minimum atomic E-state index is 0.278. The van der Waals surface area contributed by atoms with E-state index in [-0.39, 0.29) is 5.91 Å².